The third-order valence-electron chi connectivity index (χ3n) is 8.62. The predicted molar refractivity (Wildman–Crippen MR) is 121 cm³/mol. The smallest absolute Gasteiger partial charge is 0.150 e. The van der Waals surface area contributed by atoms with Gasteiger partial charge in [-0.25, -0.2) is 0 Å². The van der Waals surface area contributed by atoms with Crippen LogP contribution in [0.4, 0.5) is 0 Å². The second-order valence-electron chi connectivity index (χ2n) is 10.7. The Kier molecular flexibility index (Phi) is 6.19. The molecule has 1 saturated heterocycles. The standard InChI is InChI=1S/C25H41N3O2/c1-18-22(30-26)10-9-20-16-28(14-8-13-27-11-6-5-7-12-27)17-25(23(18)20)19(2)21(29)15-24(25,3)4/h9-10,19,21,29H,5-8,11-17,26H2,1-4H3/t19?,21-,25+/m0/s1. The molecule has 2 heterocycles. The normalized spacial score (nSPS) is 31.8. The van der Waals surface area contributed by atoms with Gasteiger partial charge in [-0.05, 0) is 92.9 Å². The molecule has 3 aliphatic rings. The maximum atomic E-state index is 10.9. The summed E-state index contributed by atoms with van der Waals surface area (Å²) in [6.07, 6.45) is 5.88. The van der Waals surface area contributed by atoms with Crippen LogP contribution in [0.25, 0.3) is 0 Å². The number of rotatable bonds is 5. The van der Waals surface area contributed by atoms with E-state index >= 15 is 0 Å². The number of nitrogens with zero attached hydrogens (tertiary/aromatic N) is 2. The van der Waals surface area contributed by atoms with E-state index in [1.54, 1.807) is 0 Å². The van der Waals surface area contributed by atoms with E-state index < -0.39 is 0 Å². The van der Waals surface area contributed by atoms with Crippen LogP contribution < -0.4 is 10.7 Å². The second-order valence-corrected chi connectivity index (χ2v) is 10.7. The van der Waals surface area contributed by atoms with E-state index in [0.29, 0.717) is 0 Å². The first kappa shape index (κ1) is 22.1. The van der Waals surface area contributed by atoms with E-state index in [1.165, 1.54) is 56.4 Å². The van der Waals surface area contributed by atoms with Crippen LogP contribution in [0.15, 0.2) is 12.1 Å². The number of piperidine rings is 1. The van der Waals surface area contributed by atoms with Crippen LogP contribution in [0.1, 0.15) is 69.6 Å². The lowest BCUT2D eigenvalue weighted by Crippen LogP contribution is -2.55. The SMILES string of the molecule is Cc1c(ON)ccc2c1[C@@]1(CN(CCCN3CCCCC3)C2)C(C)[C@@H](O)CC1(C)C. The Morgan fingerprint density at radius 1 is 1.13 bits per heavy atom. The average Bonchev–Trinajstić information content (AvgIpc) is 2.88. The number of aliphatic hydroxyl groups excluding tert-OH is 1. The van der Waals surface area contributed by atoms with Crippen molar-refractivity contribution in [1.82, 2.24) is 9.80 Å². The van der Waals surface area contributed by atoms with Gasteiger partial charge in [0.05, 0.1) is 6.10 Å². The molecular weight excluding hydrogens is 374 g/mol. The van der Waals surface area contributed by atoms with Gasteiger partial charge in [0.2, 0.25) is 0 Å². The van der Waals surface area contributed by atoms with Gasteiger partial charge in [0, 0.05) is 18.5 Å². The summed E-state index contributed by atoms with van der Waals surface area (Å²) in [6.45, 7) is 15.9. The van der Waals surface area contributed by atoms with E-state index in [-0.39, 0.29) is 22.9 Å². The lowest BCUT2D eigenvalue weighted by Gasteiger charge is -2.52. The van der Waals surface area contributed by atoms with Crippen LogP contribution in [0.2, 0.25) is 0 Å². The van der Waals surface area contributed by atoms with Gasteiger partial charge in [-0.1, -0.05) is 33.3 Å². The zero-order valence-corrected chi connectivity index (χ0v) is 19.4. The Bertz CT molecular complexity index is 759. The van der Waals surface area contributed by atoms with Gasteiger partial charge >= 0.3 is 0 Å². The Labute approximate surface area is 182 Å². The van der Waals surface area contributed by atoms with E-state index in [4.69, 9.17) is 10.7 Å². The summed E-state index contributed by atoms with van der Waals surface area (Å²) in [7, 11) is 0. The lowest BCUT2D eigenvalue weighted by molar-refractivity contribution is 0.0570. The van der Waals surface area contributed by atoms with Crippen molar-refractivity contribution in [2.45, 2.75) is 77.9 Å². The van der Waals surface area contributed by atoms with E-state index in [9.17, 15) is 5.11 Å². The first-order valence-corrected chi connectivity index (χ1v) is 11.9. The Morgan fingerprint density at radius 2 is 1.83 bits per heavy atom. The highest BCUT2D eigenvalue weighted by Gasteiger charge is 2.61. The number of likely N-dealkylation sites (tertiary alicyclic amines) is 1. The summed E-state index contributed by atoms with van der Waals surface area (Å²) in [6, 6.07) is 4.22. The van der Waals surface area contributed by atoms with Crippen molar-refractivity contribution in [3.63, 3.8) is 0 Å². The first-order valence-electron chi connectivity index (χ1n) is 11.9. The summed E-state index contributed by atoms with van der Waals surface area (Å²) >= 11 is 0. The van der Waals surface area contributed by atoms with Crippen LogP contribution in [0.3, 0.4) is 0 Å². The Morgan fingerprint density at radius 3 is 2.47 bits per heavy atom. The summed E-state index contributed by atoms with van der Waals surface area (Å²) in [4.78, 5) is 10.5. The van der Waals surface area contributed by atoms with Gasteiger partial charge in [-0.2, -0.15) is 5.90 Å². The third kappa shape index (κ3) is 3.58. The largest absolute Gasteiger partial charge is 0.411 e. The van der Waals surface area contributed by atoms with Gasteiger partial charge in [0.1, 0.15) is 5.75 Å². The van der Waals surface area contributed by atoms with E-state index in [2.05, 4.69) is 43.6 Å². The molecule has 5 nitrogen and oxygen atoms in total. The molecule has 3 atom stereocenters. The monoisotopic (exact) mass is 415 g/mol. The predicted octanol–water partition coefficient (Wildman–Crippen LogP) is 3.60. The number of hydrogen-bond donors (Lipinski definition) is 2. The molecule has 1 saturated carbocycles. The molecule has 2 fully saturated rings. The van der Waals surface area contributed by atoms with Crippen molar-refractivity contribution in [3.8, 4) is 5.75 Å². The molecule has 30 heavy (non-hydrogen) atoms. The average molecular weight is 416 g/mol. The maximum Gasteiger partial charge on any atom is 0.150 e. The number of benzene rings is 1. The molecule has 4 rings (SSSR count). The van der Waals surface area contributed by atoms with Crippen molar-refractivity contribution in [2.75, 3.05) is 32.7 Å². The highest BCUT2D eigenvalue weighted by atomic mass is 16.6. The van der Waals surface area contributed by atoms with Crippen LogP contribution in [0.5, 0.6) is 5.75 Å². The number of fused-ring (bicyclic) bond motifs is 2. The van der Waals surface area contributed by atoms with E-state index in [0.717, 1.165) is 37.4 Å². The molecule has 0 aromatic heterocycles. The van der Waals surface area contributed by atoms with Gasteiger partial charge in [0.25, 0.3) is 0 Å². The molecule has 5 heteroatoms. The molecular formula is C25H41N3O2. The van der Waals surface area contributed by atoms with Crippen molar-refractivity contribution in [3.05, 3.63) is 28.8 Å². The van der Waals surface area contributed by atoms with Crippen molar-refractivity contribution >= 4 is 0 Å². The van der Waals surface area contributed by atoms with Crippen molar-refractivity contribution < 1.29 is 9.94 Å². The van der Waals surface area contributed by atoms with Crippen molar-refractivity contribution in [1.29, 1.82) is 0 Å². The second kappa shape index (κ2) is 8.42. The van der Waals surface area contributed by atoms with Gasteiger partial charge in [0.15, 0.2) is 0 Å². The molecule has 2 aliphatic heterocycles. The van der Waals surface area contributed by atoms with Crippen LogP contribution in [-0.2, 0) is 12.0 Å². The van der Waals surface area contributed by atoms with Crippen LogP contribution in [0, 0.1) is 18.3 Å². The van der Waals surface area contributed by atoms with Gasteiger partial charge in [-0.3, -0.25) is 4.90 Å². The third-order valence-corrected chi connectivity index (χ3v) is 8.62. The molecule has 0 amide bonds. The topological polar surface area (TPSA) is 62.0 Å². The molecule has 1 spiro atoms. The summed E-state index contributed by atoms with van der Waals surface area (Å²) < 4.78 is 0. The fourth-order valence-electron chi connectivity index (χ4n) is 6.97. The molecule has 1 unspecified atom stereocenters. The van der Waals surface area contributed by atoms with E-state index in [1.807, 2.05) is 6.07 Å². The highest BCUT2D eigenvalue weighted by molar-refractivity contribution is 5.52. The van der Waals surface area contributed by atoms with Crippen molar-refractivity contribution in [2.24, 2.45) is 17.2 Å². The fourth-order valence-corrected chi connectivity index (χ4v) is 6.97. The number of hydrogen-bond acceptors (Lipinski definition) is 5. The zero-order chi connectivity index (χ0) is 21.5. The molecule has 168 valence electrons. The summed E-state index contributed by atoms with van der Waals surface area (Å²) in [5.74, 6) is 6.56. The lowest BCUT2D eigenvalue weighted by atomic mass is 9.57. The molecule has 1 aliphatic carbocycles. The number of nitrogens with two attached hydrogens (primary N) is 1. The molecule has 1 aromatic carbocycles. The molecule has 0 radical (unpaired) electrons. The number of aliphatic hydroxyl groups is 1. The molecule has 0 bridgehead atoms. The quantitative estimate of drug-likeness (QED) is 0.720. The fraction of sp³-hybridized carbons (Fsp3) is 0.760. The minimum Gasteiger partial charge on any atom is -0.411 e. The Balaban J connectivity index is 1.63. The molecule has 3 N–H and O–H groups in total. The van der Waals surface area contributed by atoms with Crippen LogP contribution in [-0.4, -0.2) is 53.7 Å². The summed E-state index contributed by atoms with van der Waals surface area (Å²) in [5.41, 5.74) is 3.82. The van der Waals surface area contributed by atoms with Crippen LogP contribution >= 0.6 is 0 Å². The summed E-state index contributed by atoms with van der Waals surface area (Å²) in [5, 5.41) is 10.9. The first-order chi connectivity index (χ1) is 14.3. The zero-order valence-electron chi connectivity index (χ0n) is 19.4. The molecule has 1 aromatic rings. The minimum atomic E-state index is -0.275. The minimum absolute atomic E-state index is 0.00407. The van der Waals surface area contributed by atoms with Gasteiger partial charge < -0.3 is 14.8 Å². The Hall–Kier alpha value is -1.14. The highest BCUT2D eigenvalue weighted by Crippen LogP contribution is 2.60. The maximum absolute atomic E-state index is 10.9. The van der Waals surface area contributed by atoms with Gasteiger partial charge in [-0.15, -0.1) is 0 Å².